The summed E-state index contributed by atoms with van der Waals surface area (Å²) >= 11 is 5.73. The number of guanidine groups is 1. The summed E-state index contributed by atoms with van der Waals surface area (Å²) in [7, 11) is 1.40. The number of ether oxygens (including phenoxy) is 1. The van der Waals surface area contributed by atoms with Gasteiger partial charge in [-0.2, -0.15) is 5.10 Å². The molecule has 0 saturated heterocycles. The molecule has 1 aromatic carbocycles. The van der Waals surface area contributed by atoms with Crippen LogP contribution in [0.15, 0.2) is 22.3 Å². The molecule has 0 fully saturated rings. The predicted molar refractivity (Wildman–Crippen MR) is 81.4 cm³/mol. The zero-order chi connectivity index (χ0) is 17.3. The summed E-state index contributed by atoms with van der Waals surface area (Å²) in [6.07, 6.45) is 1.22. The van der Waals surface area contributed by atoms with E-state index in [1.807, 2.05) is 0 Å². The molecule has 0 aliphatic carbocycles. The first-order chi connectivity index (χ1) is 10.2. The molecule has 0 radical (unpaired) electrons. The molecule has 0 spiro atoms. The molecular weight excluding hydrogens is 318 g/mol. The molecule has 10 nitrogen and oxygen atoms in total. The van der Waals surface area contributed by atoms with E-state index in [0.29, 0.717) is 11.3 Å². The number of carboxylic acid groups (broad SMARTS) is 1. The molecule has 5 N–H and O–H groups in total. The first-order valence-electron chi connectivity index (χ1n) is 5.52. The second kappa shape index (κ2) is 9.13. The number of methoxy groups -OCH3 is 1. The molecule has 22 heavy (non-hydrogen) atoms. The maximum Gasteiger partial charge on any atom is 0.300 e. The highest BCUT2D eigenvalue weighted by molar-refractivity contribution is 6.33. The summed E-state index contributed by atoms with van der Waals surface area (Å²) in [5.74, 6) is -0.742. The molecule has 1 aromatic rings. The van der Waals surface area contributed by atoms with Crippen LogP contribution in [0.4, 0.5) is 5.69 Å². The van der Waals surface area contributed by atoms with E-state index in [1.165, 1.54) is 25.5 Å². The molecule has 11 heteroatoms. The van der Waals surface area contributed by atoms with Crippen LogP contribution in [0.2, 0.25) is 5.02 Å². The van der Waals surface area contributed by atoms with Crippen molar-refractivity contribution in [1.29, 1.82) is 0 Å². The number of halogens is 1. The van der Waals surface area contributed by atoms with E-state index in [1.54, 1.807) is 0 Å². The average Bonchev–Trinajstić information content (AvgIpc) is 2.38. The molecule has 0 unspecified atom stereocenters. The van der Waals surface area contributed by atoms with Crippen LogP contribution in [-0.4, -0.2) is 35.3 Å². The van der Waals surface area contributed by atoms with Gasteiger partial charge in [-0.15, -0.1) is 5.10 Å². The fraction of sp³-hybridized carbons (Fsp3) is 0.182. The monoisotopic (exact) mass is 331 g/mol. The van der Waals surface area contributed by atoms with E-state index in [9.17, 15) is 10.1 Å². The van der Waals surface area contributed by atoms with Crippen molar-refractivity contribution in [1.82, 2.24) is 0 Å². The maximum absolute atomic E-state index is 10.7. The minimum absolute atomic E-state index is 0.0316. The van der Waals surface area contributed by atoms with Gasteiger partial charge < -0.3 is 21.3 Å². The molecule has 0 heterocycles. The summed E-state index contributed by atoms with van der Waals surface area (Å²) in [5, 5.41) is 25.0. The zero-order valence-corrected chi connectivity index (χ0v) is 12.4. The van der Waals surface area contributed by atoms with Crippen LogP contribution in [0, 0.1) is 10.1 Å². The number of nitrogens with zero attached hydrogens (tertiary/aromatic N) is 3. The van der Waals surface area contributed by atoms with E-state index in [4.69, 9.17) is 37.7 Å². The highest BCUT2D eigenvalue weighted by atomic mass is 35.5. The smallest absolute Gasteiger partial charge is 0.300 e. The van der Waals surface area contributed by atoms with E-state index in [0.717, 1.165) is 6.92 Å². The van der Waals surface area contributed by atoms with Crippen LogP contribution in [0.5, 0.6) is 5.75 Å². The van der Waals surface area contributed by atoms with E-state index < -0.39 is 10.9 Å². The van der Waals surface area contributed by atoms with Crippen molar-refractivity contribution in [2.45, 2.75) is 6.92 Å². The van der Waals surface area contributed by atoms with Gasteiger partial charge in [0.05, 0.1) is 18.2 Å². The number of nitro benzene ring substituents is 1. The minimum Gasteiger partial charge on any atom is -0.496 e. The molecule has 0 bridgehead atoms. The first kappa shape index (κ1) is 19.1. The van der Waals surface area contributed by atoms with Crippen molar-refractivity contribution in [3.63, 3.8) is 0 Å². The molecule has 0 aliphatic rings. The zero-order valence-electron chi connectivity index (χ0n) is 11.7. The van der Waals surface area contributed by atoms with Gasteiger partial charge in [0.2, 0.25) is 5.96 Å². The van der Waals surface area contributed by atoms with Crippen LogP contribution in [0.3, 0.4) is 0 Å². The molecular formula is C11H14ClN5O5. The summed E-state index contributed by atoms with van der Waals surface area (Å²) < 4.78 is 5.01. The Kier molecular flexibility index (Phi) is 7.93. The lowest BCUT2D eigenvalue weighted by Crippen LogP contribution is -2.21. The Labute approximate surface area is 130 Å². The Morgan fingerprint density at radius 1 is 1.50 bits per heavy atom. The number of benzene rings is 1. The van der Waals surface area contributed by atoms with Gasteiger partial charge in [0, 0.05) is 24.6 Å². The number of hydrogen-bond donors (Lipinski definition) is 3. The Bertz CT molecular complexity index is 609. The fourth-order valence-electron chi connectivity index (χ4n) is 1.14. The molecule has 120 valence electrons. The number of rotatable bonds is 4. The number of carbonyl (C=O) groups is 1. The van der Waals surface area contributed by atoms with Gasteiger partial charge in [-0.3, -0.25) is 14.9 Å². The van der Waals surface area contributed by atoms with Gasteiger partial charge in [-0.25, -0.2) is 0 Å². The quantitative estimate of drug-likeness (QED) is 0.319. The van der Waals surface area contributed by atoms with E-state index >= 15 is 0 Å². The second-order valence-electron chi connectivity index (χ2n) is 3.59. The molecule has 0 aliphatic heterocycles. The summed E-state index contributed by atoms with van der Waals surface area (Å²) in [4.78, 5) is 19.1. The molecule has 0 saturated carbocycles. The molecule has 0 amide bonds. The lowest BCUT2D eigenvalue weighted by molar-refractivity contribution is -0.384. The summed E-state index contributed by atoms with van der Waals surface area (Å²) in [6, 6.07) is 2.53. The lowest BCUT2D eigenvalue weighted by Gasteiger charge is -2.04. The summed E-state index contributed by atoms with van der Waals surface area (Å²) in [5.41, 5.74) is 10.2. The fourth-order valence-corrected chi connectivity index (χ4v) is 1.36. The van der Waals surface area contributed by atoms with Gasteiger partial charge in [0.15, 0.2) is 0 Å². The van der Waals surface area contributed by atoms with Crippen molar-refractivity contribution in [2.24, 2.45) is 21.7 Å². The molecule has 0 aromatic heterocycles. The third-order valence-corrected chi connectivity index (χ3v) is 2.17. The van der Waals surface area contributed by atoms with E-state index in [-0.39, 0.29) is 16.7 Å². The van der Waals surface area contributed by atoms with Crippen LogP contribution in [0.25, 0.3) is 0 Å². The predicted octanol–water partition coefficient (Wildman–Crippen LogP) is 0.955. The highest BCUT2D eigenvalue weighted by Gasteiger charge is 2.16. The Morgan fingerprint density at radius 2 is 2.05 bits per heavy atom. The number of nitro groups is 1. The van der Waals surface area contributed by atoms with Gasteiger partial charge in [0.1, 0.15) is 10.8 Å². The first-order valence-corrected chi connectivity index (χ1v) is 5.90. The van der Waals surface area contributed by atoms with Crippen LogP contribution >= 0.6 is 11.6 Å². The number of aliphatic carboxylic acids is 1. The Hall–Kier alpha value is -2.88. The van der Waals surface area contributed by atoms with Crippen molar-refractivity contribution >= 4 is 35.4 Å². The van der Waals surface area contributed by atoms with Crippen LogP contribution in [0.1, 0.15) is 12.5 Å². The maximum atomic E-state index is 10.7. The SMILES string of the molecule is CC(=O)O.COc1cc(Cl)c([N+](=O)[O-])cc1/C=N/N=C(N)N. The van der Waals surface area contributed by atoms with Crippen molar-refractivity contribution < 1.29 is 19.6 Å². The van der Waals surface area contributed by atoms with Crippen molar-refractivity contribution in [3.05, 3.63) is 32.8 Å². The van der Waals surface area contributed by atoms with Crippen molar-refractivity contribution in [2.75, 3.05) is 7.11 Å². The van der Waals surface area contributed by atoms with Crippen molar-refractivity contribution in [3.8, 4) is 5.75 Å². The number of hydrogen-bond acceptors (Lipinski definition) is 6. The topological polar surface area (TPSA) is 166 Å². The number of carboxylic acids is 1. The largest absolute Gasteiger partial charge is 0.496 e. The number of nitrogens with two attached hydrogens (primary N) is 2. The van der Waals surface area contributed by atoms with E-state index in [2.05, 4.69) is 10.2 Å². The van der Waals surface area contributed by atoms with Gasteiger partial charge in [-0.05, 0) is 0 Å². The van der Waals surface area contributed by atoms with Crippen LogP contribution < -0.4 is 16.2 Å². The normalized spacial score (nSPS) is 9.59. The highest BCUT2D eigenvalue weighted by Crippen LogP contribution is 2.31. The Balaban J connectivity index is 0.000000980. The lowest BCUT2D eigenvalue weighted by atomic mass is 10.2. The second-order valence-corrected chi connectivity index (χ2v) is 4.00. The van der Waals surface area contributed by atoms with Gasteiger partial charge in [0.25, 0.3) is 11.7 Å². The third kappa shape index (κ3) is 7.05. The average molecular weight is 332 g/mol. The minimum atomic E-state index is -0.833. The van der Waals surface area contributed by atoms with Gasteiger partial charge in [-0.1, -0.05) is 11.6 Å². The van der Waals surface area contributed by atoms with Gasteiger partial charge >= 0.3 is 0 Å². The molecule has 1 rings (SSSR count). The molecule has 0 atom stereocenters. The third-order valence-electron chi connectivity index (χ3n) is 1.87. The standard InChI is InChI=1S/C9H10ClN5O3.C2H4O2/c1-18-8-3-6(10)7(15(16)17)2-5(8)4-13-14-9(11)12;1-2(3)4/h2-4H,1H3,(H4,11,12,14);1H3,(H,3,4)/b13-4+;. The van der Waals surface area contributed by atoms with Crippen LogP contribution in [-0.2, 0) is 4.79 Å². The summed E-state index contributed by atoms with van der Waals surface area (Å²) in [6.45, 7) is 1.08. The Morgan fingerprint density at radius 3 is 2.45 bits per heavy atom.